The van der Waals surface area contributed by atoms with Crippen molar-refractivity contribution in [3.63, 3.8) is 0 Å². The lowest BCUT2D eigenvalue weighted by Gasteiger charge is -2.09. The van der Waals surface area contributed by atoms with Gasteiger partial charge in [-0.2, -0.15) is 4.98 Å². The van der Waals surface area contributed by atoms with E-state index in [1.165, 1.54) is 0 Å². The van der Waals surface area contributed by atoms with Crippen LogP contribution >= 0.6 is 11.3 Å². The third-order valence-electron chi connectivity index (χ3n) is 4.65. The normalized spacial score (nSPS) is 11.0. The standard InChI is InChI=1S/C22H16N4O2S/c27-22(16-13-23-18-9-4-2-7-15(16)18)24-17-8-3-1-6-14(17)12-20-25-21(26-28-20)19-10-5-11-29-19/h1-11,13,23H,12H2,(H,24,27). The molecule has 2 N–H and O–H groups in total. The Kier molecular flexibility index (Phi) is 4.42. The number of rotatable bonds is 5. The second-order valence-corrected chi connectivity index (χ2v) is 7.47. The molecule has 0 aliphatic carbocycles. The van der Waals surface area contributed by atoms with Crippen molar-refractivity contribution in [3.05, 3.63) is 89.3 Å². The van der Waals surface area contributed by atoms with Crippen LogP contribution < -0.4 is 5.32 Å². The van der Waals surface area contributed by atoms with Crippen molar-refractivity contribution in [1.82, 2.24) is 15.1 Å². The number of carbonyl (C=O) groups excluding carboxylic acids is 1. The van der Waals surface area contributed by atoms with Crippen LogP contribution in [0.5, 0.6) is 0 Å². The van der Waals surface area contributed by atoms with Crippen molar-refractivity contribution < 1.29 is 9.32 Å². The summed E-state index contributed by atoms with van der Waals surface area (Å²) in [5.41, 5.74) is 3.16. The molecule has 0 radical (unpaired) electrons. The van der Waals surface area contributed by atoms with Crippen molar-refractivity contribution in [2.45, 2.75) is 6.42 Å². The molecule has 29 heavy (non-hydrogen) atoms. The first-order valence-electron chi connectivity index (χ1n) is 9.10. The molecule has 3 heterocycles. The van der Waals surface area contributed by atoms with E-state index in [2.05, 4.69) is 20.4 Å². The van der Waals surface area contributed by atoms with Gasteiger partial charge in [-0.3, -0.25) is 4.79 Å². The van der Waals surface area contributed by atoms with Gasteiger partial charge in [0.1, 0.15) is 0 Å². The molecule has 7 heteroatoms. The van der Waals surface area contributed by atoms with Crippen LogP contribution in [0.4, 0.5) is 5.69 Å². The number of H-pyrrole nitrogens is 1. The molecule has 6 nitrogen and oxygen atoms in total. The minimum Gasteiger partial charge on any atom is -0.360 e. The van der Waals surface area contributed by atoms with Gasteiger partial charge < -0.3 is 14.8 Å². The maximum Gasteiger partial charge on any atom is 0.257 e. The fraction of sp³-hybridized carbons (Fsp3) is 0.0455. The molecule has 0 atom stereocenters. The van der Waals surface area contributed by atoms with Gasteiger partial charge in [-0.15, -0.1) is 11.3 Å². The number of amides is 1. The number of nitrogens with one attached hydrogen (secondary N) is 2. The number of benzene rings is 2. The van der Waals surface area contributed by atoms with Gasteiger partial charge in [-0.05, 0) is 29.1 Å². The lowest BCUT2D eigenvalue weighted by Crippen LogP contribution is -2.13. The molecule has 5 rings (SSSR count). The van der Waals surface area contributed by atoms with Gasteiger partial charge >= 0.3 is 0 Å². The number of thiophene rings is 1. The second-order valence-electron chi connectivity index (χ2n) is 6.53. The van der Waals surface area contributed by atoms with Crippen LogP contribution in [-0.4, -0.2) is 21.0 Å². The Hall–Kier alpha value is -3.71. The number of hydrogen-bond acceptors (Lipinski definition) is 5. The first-order valence-corrected chi connectivity index (χ1v) is 9.98. The smallest absolute Gasteiger partial charge is 0.257 e. The Labute approximate surface area is 170 Å². The largest absolute Gasteiger partial charge is 0.360 e. The topological polar surface area (TPSA) is 83.8 Å². The molecule has 2 aromatic carbocycles. The minimum atomic E-state index is -0.167. The molecular formula is C22H16N4O2S. The number of hydrogen-bond donors (Lipinski definition) is 2. The molecule has 0 bridgehead atoms. The Balaban J connectivity index is 1.39. The van der Waals surface area contributed by atoms with Crippen molar-refractivity contribution >= 4 is 33.8 Å². The fourth-order valence-electron chi connectivity index (χ4n) is 3.24. The highest BCUT2D eigenvalue weighted by molar-refractivity contribution is 7.13. The Bertz CT molecular complexity index is 1290. The molecule has 0 unspecified atom stereocenters. The summed E-state index contributed by atoms with van der Waals surface area (Å²) < 4.78 is 5.41. The Morgan fingerprint density at radius 3 is 2.83 bits per heavy atom. The summed E-state index contributed by atoms with van der Waals surface area (Å²) >= 11 is 1.56. The van der Waals surface area contributed by atoms with Gasteiger partial charge in [0.05, 0.1) is 16.9 Å². The average Bonchev–Trinajstić information content (AvgIpc) is 3.49. The van der Waals surface area contributed by atoms with Crippen LogP contribution in [0.15, 0.2) is 76.8 Å². The lowest BCUT2D eigenvalue weighted by molar-refractivity contribution is 0.102. The molecule has 0 aliphatic rings. The van der Waals surface area contributed by atoms with Crippen LogP contribution in [0, 0.1) is 0 Å². The van der Waals surface area contributed by atoms with E-state index < -0.39 is 0 Å². The minimum absolute atomic E-state index is 0.167. The first-order chi connectivity index (χ1) is 14.3. The van der Waals surface area contributed by atoms with Crippen molar-refractivity contribution in [1.29, 1.82) is 0 Å². The number of carbonyl (C=O) groups is 1. The fourth-order valence-corrected chi connectivity index (χ4v) is 3.89. The SMILES string of the molecule is O=C(Nc1ccccc1Cc1nc(-c2cccs2)no1)c1c[nH]c2ccccc12. The lowest BCUT2D eigenvalue weighted by atomic mass is 10.1. The van der Waals surface area contributed by atoms with E-state index in [4.69, 9.17) is 4.52 Å². The number of anilines is 1. The van der Waals surface area contributed by atoms with Crippen LogP contribution in [0.1, 0.15) is 21.8 Å². The van der Waals surface area contributed by atoms with Gasteiger partial charge in [0, 0.05) is 22.8 Å². The summed E-state index contributed by atoms with van der Waals surface area (Å²) in [6.07, 6.45) is 2.16. The molecule has 5 aromatic rings. The third kappa shape index (κ3) is 3.43. The number of para-hydroxylation sites is 2. The molecule has 3 aromatic heterocycles. The number of aromatic nitrogens is 3. The zero-order valence-corrected chi connectivity index (χ0v) is 16.1. The molecule has 142 valence electrons. The monoisotopic (exact) mass is 400 g/mol. The molecule has 0 saturated heterocycles. The van der Waals surface area contributed by atoms with Crippen LogP contribution in [0.2, 0.25) is 0 Å². The quantitative estimate of drug-likeness (QED) is 0.429. The van der Waals surface area contributed by atoms with E-state index in [0.717, 1.165) is 27.0 Å². The Morgan fingerprint density at radius 2 is 1.93 bits per heavy atom. The van der Waals surface area contributed by atoms with E-state index in [9.17, 15) is 4.79 Å². The predicted molar refractivity (Wildman–Crippen MR) is 113 cm³/mol. The van der Waals surface area contributed by atoms with E-state index in [-0.39, 0.29) is 5.91 Å². The summed E-state index contributed by atoms with van der Waals surface area (Å²) in [4.78, 5) is 21.4. The number of nitrogens with zero attached hydrogens (tertiary/aromatic N) is 2. The van der Waals surface area contributed by atoms with Crippen molar-refractivity contribution in [2.75, 3.05) is 5.32 Å². The van der Waals surface area contributed by atoms with E-state index in [1.807, 2.05) is 66.0 Å². The van der Waals surface area contributed by atoms with E-state index in [1.54, 1.807) is 17.5 Å². The molecule has 0 fully saturated rings. The highest BCUT2D eigenvalue weighted by atomic mass is 32.1. The second kappa shape index (κ2) is 7.37. The third-order valence-corrected chi connectivity index (χ3v) is 5.52. The molecule has 0 aliphatic heterocycles. The predicted octanol–water partition coefficient (Wildman–Crippen LogP) is 5.12. The summed E-state index contributed by atoms with van der Waals surface area (Å²) in [6, 6.07) is 19.3. The maximum atomic E-state index is 12.9. The number of fused-ring (bicyclic) bond motifs is 1. The molecule has 0 saturated carbocycles. The zero-order chi connectivity index (χ0) is 19.6. The van der Waals surface area contributed by atoms with Crippen LogP contribution in [0.3, 0.4) is 0 Å². The van der Waals surface area contributed by atoms with Gasteiger partial charge in [-0.25, -0.2) is 0 Å². The summed E-state index contributed by atoms with van der Waals surface area (Å²) in [7, 11) is 0. The summed E-state index contributed by atoms with van der Waals surface area (Å²) in [5, 5.41) is 9.93. The van der Waals surface area contributed by atoms with Crippen LogP contribution in [0.25, 0.3) is 21.6 Å². The maximum absolute atomic E-state index is 12.9. The highest BCUT2D eigenvalue weighted by Gasteiger charge is 2.16. The number of aromatic amines is 1. The highest BCUT2D eigenvalue weighted by Crippen LogP contribution is 2.25. The summed E-state index contributed by atoms with van der Waals surface area (Å²) in [5.74, 6) is 0.914. The van der Waals surface area contributed by atoms with Gasteiger partial charge in [0.2, 0.25) is 11.7 Å². The van der Waals surface area contributed by atoms with Gasteiger partial charge in [0.15, 0.2) is 0 Å². The van der Waals surface area contributed by atoms with Crippen molar-refractivity contribution in [3.8, 4) is 10.7 Å². The summed E-state index contributed by atoms with van der Waals surface area (Å²) in [6.45, 7) is 0. The van der Waals surface area contributed by atoms with E-state index >= 15 is 0 Å². The molecule has 0 spiro atoms. The van der Waals surface area contributed by atoms with Gasteiger partial charge in [-0.1, -0.05) is 47.6 Å². The molecule has 1 amide bonds. The Morgan fingerprint density at radius 1 is 1.07 bits per heavy atom. The zero-order valence-electron chi connectivity index (χ0n) is 15.3. The van der Waals surface area contributed by atoms with Crippen LogP contribution in [-0.2, 0) is 6.42 Å². The average molecular weight is 400 g/mol. The van der Waals surface area contributed by atoms with Gasteiger partial charge in [0.25, 0.3) is 5.91 Å². The molecular weight excluding hydrogens is 384 g/mol. The van der Waals surface area contributed by atoms with E-state index in [0.29, 0.717) is 23.7 Å². The van der Waals surface area contributed by atoms with Crippen molar-refractivity contribution in [2.24, 2.45) is 0 Å². The first kappa shape index (κ1) is 17.4.